The first-order chi connectivity index (χ1) is 6.71. The van der Waals surface area contributed by atoms with Crippen molar-refractivity contribution in [2.24, 2.45) is 5.73 Å². The Hall–Kier alpha value is -0.570. The Morgan fingerprint density at radius 2 is 1.86 bits per heavy atom. The number of rotatable bonds is 7. The smallest absolute Gasteiger partial charge is 0.222 e. The van der Waals surface area contributed by atoms with Crippen molar-refractivity contribution in [2.45, 2.75) is 52.5 Å². The summed E-state index contributed by atoms with van der Waals surface area (Å²) in [5.41, 5.74) is 5.52. The van der Waals surface area contributed by atoms with Gasteiger partial charge in [0.2, 0.25) is 5.91 Å². The third-order valence-electron chi connectivity index (χ3n) is 2.54. The number of hydrogen-bond acceptors (Lipinski definition) is 2. The molecule has 0 aliphatic carbocycles. The summed E-state index contributed by atoms with van der Waals surface area (Å²) >= 11 is 0. The van der Waals surface area contributed by atoms with Crippen LogP contribution in [0.2, 0.25) is 0 Å². The van der Waals surface area contributed by atoms with Gasteiger partial charge in [0.1, 0.15) is 0 Å². The van der Waals surface area contributed by atoms with E-state index in [1.165, 1.54) is 0 Å². The second-order valence-corrected chi connectivity index (χ2v) is 3.60. The van der Waals surface area contributed by atoms with Gasteiger partial charge in [-0.05, 0) is 19.3 Å². The third kappa shape index (κ3) is 4.09. The average molecular weight is 200 g/mol. The highest BCUT2D eigenvalue weighted by molar-refractivity contribution is 5.76. The summed E-state index contributed by atoms with van der Waals surface area (Å²) in [7, 11) is 0. The van der Waals surface area contributed by atoms with E-state index in [9.17, 15) is 4.79 Å². The van der Waals surface area contributed by atoms with E-state index in [1.54, 1.807) is 0 Å². The quantitative estimate of drug-likeness (QED) is 0.680. The molecule has 14 heavy (non-hydrogen) atoms. The first kappa shape index (κ1) is 13.4. The van der Waals surface area contributed by atoms with Gasteiger partial charge in [0.25, 0.3) is 0 Å². The highest BCUT2D eigenvalue weighted by atomic mass is 16.2. The molecule has 0 bridgehead atoms. The SMILES string of the molecule is CCCC(=O)N(CCN)C(CC)CC. The van der Waals surface area contributed by atoms with Crippen LogP contribution in [-0.2, 0) is 4.79 Å². The molecule has 0 fully saturated rings. The monoisotopic (exact) mass is 200 g/mol. The Labute approximate surface area is 87.6 Å². The Bertz CT molecular complexity index is 155. The molecule has 0 saturated carbocycles. The van der Waals surface area contributed by atoms with Crippen LogP contribution in [0.4, 0.5) is 0 Å². The normalized spacial score (nSPS) is 10.6. The minimum atomic E-state index is 0.256. The van der Waals surface area contributed by atoms with Gasteiger partial charge < -0.3 is 10.6 Å². The third-order valence-corrected chi connectivity index (χ3v) is 2.54. The Morgan fingerprint density at radius 3 is 2.21 bits per heavy atom. The Kier molecular flexibility index (Phi) is 7.48. The molecule has 84 valence electrons. The Balaban J connectivity index is 4.31. The van der Waals surface area contributed by atoms with Crippen molar-refractivity contribution < 1.29 is 4.79 Å². The van der Waals surface area contributed by atoms with Crippen molar-refractivity contribution in [3.63, 3.8) is 0 Å². The van der Waals surface area contributed by atoms with Gasteiger partial charge in [0.15, 0.2) is 0 Å². The topological polar surface area (TPSA) is 46.3 Å². The van der Waals surface area contributed by atoms with Gasteiger partial charge in [-0.3, -0.25) is 4.79 Å². The molecule has 1 amide bonds. The van der Waals surface area contributed by atoms with Crippen molar-refractivity contribution in [2.75, 3.05) is 13.1 Å². The number of carbonyl (C=O) groups is 1. The van der Waals surface area contributed by atoms with Gasteiger partial charge in [-0.1, -0.05) is 20.8 Å². The van der Waals surface area contributed by atoms with Crippen LogP contribution in [0.1, 0.15) is 46.5 Å². The first-order valence-electron chi connectivity index (χ1n) is 5.70. The van der Waals surface area contributed by atoms with Crippen molar-refractivity contribution in [3.05, 3.63) is 0 Å². The van der Waals surface area contributed by atoms with E-state index in [1.807, 2.05) is 11.8 Å². The average Bonchev–Trinajstić information content (AvgIpc) is 2.18. The van der Waals surface area contributed by atoms with Gasteiger partial charge >= 0.3 is 0 Å². The standard InChI is InChI=1S/C11H24N2O/c1-4-7-11(14)13(9-8-12)10(5-2)6-3/h10H,4-9,12H2,1-3H3. The predicted molar refractivity (Wildman–Crippen MR) is 60.0 cm³/mol. The number of nitrogens with two attached hydrogens (primary N) is 1. The summed E-state index contributed by atoms with van der Waals surface area (Å²) in [6.07, 6.45) is 3.61. The van der Waals surface area contributed by atoms with Crippen LogP contribution >= 0.6 is 0 Å². The maximum Gasteiger partial charge on any atom is 0.222 e. The van der Waals surface area contributed by atoms with E-state index in [2.05, 4.69) is 13.8 Å². The van der Waals surface area contributed by atoms with Crippen LogP contribution in [0, 0.1) is 0 Å². The number of nitrogens with zero attached hydrogens (tertiary/aromatic N) is 1. The van der Waals surface area contributed by atoms with E-state index in [0.29, 0.717) is 25.6 Å². The van der Waals surface area contributed by atoms with Gasteiger partial charge in [-0.2, -0.15) is 0 Å². The summed E-state index contributed by atoms with van der Waals surface area (Å²) in [5, 5.41) is 0. The maximum absolute atomic E-state index is 11.8. The zero-order chi connectivity index (χ0) is 11.0. The van der Waals surface area contributed by atoms with Crippen LogP contribution < -0.4 is 5.73 Å². The largest absolute Gasteiger partial charge is 0.338 e. The molecule has 0 radical (unpaired) electrons. The van der Waals surface area contributed by atoms with Crippen molar-refractivity contribution in [3.8, 4) is 0 Å². The molecule has 0 aromatic heterocycles. The molecule has 3 heteroatoms. The molecule has 3 nitrogen and oxygen atoms in total. The molecule has 0 atom stereocenters. The minimum absolute atomic E-state index is 0.256. The van der Waals surface area contributed by atoms with Crippen LogP contribution in [-0.4, -0.2) is 29.9 Å². The second-order valence-electron chi connectivity index (χ2n) is 3.60. The van der Waals surface area contributed by atoms with E-state index in [-0.39, 0.29) is 5.91 Å². The van der Waals surface area contributed by atoms with Crippen LogP contribution in [0.5, 0.6) is 0 Å². The fraction of sp³-hybridized carbons (Fsp3) is 0.909. The van der Waals surface area contributed by atoms with E-state index >= 15 is 0 Å². The lowest BCUT2D eigenvalue weighted by Gasteiger charge is -2.30. The van der Waals surface area contributed by atoms with E-state index in [4.69, 9.17) is 5.73 Å². The summed E-state index contributed by atoms with van der Waals surface area (Å²) < 4.78 is 0. The molecule has 0 aliphatic rings. The molecule has 0 aromatic rings. The highest BCUT2D eigenvalue weighted by Gasteiger charge is 2.18. The van der Waals surface area contributed by atoms with Crippen molar-refractivity contribution in [1.29, 1.82) is 0 Å². The molecule has 0 unspecified atom stereocenters. The zero-order valence-electron chi connectivity index (χ0n) is 9.75. The van der Waals surface area contributed by atoms with Crippen LogP contribution in [0.15, 0.2) is 0 Å². The fourth-order valence-electron chi connectivity index (χ4n) is 1.74. The lowest BCUT2D eigenvalue weighted by molar-refractivity contribution is -0.133. The van der Waals surface area contributed by atoms with Crippen molar-refractivity contribution in [1.82, 2.24) is 4.90 Å². The summed E-state index contributed by atoms with van der Waals surface area (Å²) in [6, 6.07) is 0.373. The molecule has 0 rings (SSSR count). The van der Waals surface area contributed by atoms with Gasteiger partial charge in [-0.25, -0.2) is 0 Å². The van der Waals surface area contributed by atoms with Gasteiger partial charge in [0.05, 0.1) is 0 Å². The van der Waals surface area contributed by atoms with E-state index < -0.39 is 0 Å². The van der Waals surface area contributed by atoms with E-state index in [0.717, 1.165) is 19.3 Å². The number of amides is 1. The maximum atomic E-state index is 11.8. The summed E-state index contributed by atoms with van der Waals surface area (Å²) in [6.45, 7) is 7.54. The van der Waals surface area contributed by atoms with Gasteiger partial charge in [0, 0.05) is 25.6 Å². The molecule has 2 N–H and O–H groups in total. The Morgan fingerprint density at radius 1 is 1.29 bits per heavy atom. The van der Waals surface area contributed by atoms with Crippen LogP contribution in [0.3, 0.4) is 0 Å². The number of hydrogen-bond donors (Lipinski definition) is 1. The molecular weight excluding hydrogens is 176 g/mol. The van der Waals surface area contributed by atoms with Crippen molar-refractivity contribution >= 4 is 5.91 Å². The van der Waals surface area contributed by atoms with Gasteiger partial charge in [-0.15, -0.1) is 0 Å². The summed E-state index contributed by atoms with van der Waals surface area (Å²) in [5.74, 6) is 0.256. The molecular formula is C11H24N2O. The molecule has 0 aliphatic heterocycles. The van der Waals surface area contributed by atoms with Crippen LogP contribution in [0.25, 0.3) is 0 Å². The highest BCUT2D eigenvalue weighted by Crippen LogP contribution is 2.10. The molecule has 0 saturated heterocycles. The molecule has 0 spiro atoms. The first-order valence-corrected chi connectivity index (χ1v) is 5.70. The lowest BCUT2D eigenvalue weighted by atomic mass is 10.1. The molecule has 0 aromatic carbocycles. The lowest BCUT2D eigenvalue weighted by Crippen LogP contribution is -2.42. The number of carbonyl (C=O) groups excluding carboxylic acids is 1. The fourth-order valence-corrected chi connectivity index (χ4v) is 1.74. The summed E-state index contributed by atoms with van der Waals surface area (Å²) in [4.78, 5) is 13.7. The molecule has 0 heterocycles. The minimum Gasteiger partial charge on any atom is -0.338 e. The predicted octanol–water partition coefficient (Wildman–Crippen LogP) is 1.76. The second kappa shape index (κ2) is 7.80. The zero-order valence-corrected chi connectivity index (χ0v) is 9.75.